The number of amidine groups is 2. The van der Waals surface area contributed by atoms with Crippen LogP contribution in [0, 0.1) is 5.41 Å². The van der Waals surface area contributed by atoms with Crippen molar-refractivity contribution in [3.63, 3.8) is 0 Å². The van der Waals surface area contributed by atoms with Crippen LogP contribution in [0.5, 0.6) is 11.5 Å². The number of hydrogen-bond donors (Lipinski definition) is 1. The first-order valence-corrected chi connectivity index (χ1v) is 12.6. The van der Waals surface area contributed by atoms with Gasteiger partial charge < -0.3 is 9.47 Å². The summed E-state index contributed by atoms with van der Waals surface area (Å²) in [5, 5.41) is 13.3. The Hall–Kier alpha value is -3.77. The molecule has 2 aromatic carbocycles. The van der Waals surface area contributed by atoms with Gasteiger partial charge in [0.05, 0.1) is 17.7 Å². The summed E-state index contributed by atoms with van der Waals surface area (Å²) in [4.78, 5) is 28.8. The molecule has 12 heteroatoms. The Kier molecular flexibility index (Phi) is 6.35. The Bertz CT molecular complexity index is 1400. The molecular formula is C22H18N4O6S2. The Labute approximate surface area is 199 Å². The fourth-order valence-electron chi connectivity index (χ4n) is 2.99. The molecule has 0 saturated carbocycles. The second-order valence-electron chi connectivity index (χ2n) is 7.05. The second-order valence-corrected chi connectivity index (χ2v) is 10.2. The summed E-state index contributed by atoms with van der Waals surface area (Å²) in [6.45, 7) is 2.07. The van der Waals surface area contributed by atoms with Gasteiger partial charge in [0, 0.05) is 6.26 Å². The minimum atomic E-state index is -3.62. The zero-order valence-corrected chi connectivity index (χ0v) is 19.6. The Morgan fingerprint density at radius 1 is 1.18 bits per heavy atom. The lowest BCUT2D eigenvalue weighted by Crippen LogP contribution is -2.35. The summed E-state index contributed by atoms with van der Waals surface area (Å²) in [5.41, 5.74) is 0.775. The van der Waals surface area contributed by atoms with E-state index < -0.39 is 21.7 Å². The maximum absolute atomic E-state index is 12.6. The zero-order valence-electron chi connectivity index (χ0n) is 18.0. The molecule has 2 aliphatic heterocycles. The predicted octanol–water partition coefficient (Wildman–Crippen LogP) is 2.93. The monoisotopic (exact) mass is 498 g/mol. The first kappa shape index (κ1) is 23.4. The minimum absolute atomic E-state index is 0.00533. The van der Waals surface area contributed by atoms with E-state index in [0.717, 1.165) is 11.3 Å². The Morgan fingerprint density at radius 2 is 1.91 bits per heavy atom. The highest BCUT2D eigenvalue weighted by atomic mass is 32.3. The second kappa shape index (κ2) is 9.23. The van der Waals surface area contributed by atoms with Crippen LogP contribution < -0.4 is 9.47 Å². The fourth-order valence-corrected chi connectivity index (χ4v) is 4.68. The van der Waals surface area contributed by atoms with Crippen LogP contribution in [-0.4, -0.2) is 53.5 Å². The minimum Gasteiger partial charge on any atom is -0.490 e. The number of fused-ring (bicyclic) bond motifs is 1. The van der Waals surface area contributed by atoms with Crippen molar-refractivity contribution in [1.82, 2.24) is 5.01 Å². The Morgan fingerprint density at radius 3 is 2.59 bits per heavy atom. The number of hydrazone groups is 1. The van der Waals surface area contributed by atoms with E-state index in [1.807, 2.05) is 0 Å². The number of nitrogens with zero attached hydrogens (tertiary/aromatic N) is 3. The van der Waals surface area contributed by atoms with Gasteiger partial charge in [0.2, 0.25) is 19.4 Å². The molecule has 0 bridgehead atoms. The van der Waals surface area contributed by atoms with Crippen LogP contribution in [0.15, 0.2) is 64.2 Å². The predicted molar refractivity (Wildman–Crippen MR) is 129 cm³/mol. The van der Waals surface area contributed by atoms with Crippen molar-refractivity contribution in [2.24, 2.45) is 10.1 Å². The average molecular weight is 499 g/mol. The van der Waals surface area contributed by atoms with Gasteiger partial charge in [-0.3, -0.25) is 10.2 Å². The van der Waals surface area contributed by atoms with E-state index in [-0.39, 0.29) is 32.5 Å². The van der Waals surface area contributed by atoms with Gasteiger partial charge in [0.1, 0.15) is 0 Å². The van der Waals surface area contributed by atoms with E-state index in [1.165, 1.54) is 12.1 Å². The molecule has 4 rings (SSSR count). The van der Waals surface area contributed by atoms with Crippen molar-refractivity contribution in [3.8, 4) is 11.5 Å². The fraction of sp³-hybridized carbons (Fsp3) is 0.136. The van der Waals surface area contributed by atoms with Crippen LogP contribution in [0.25, 0.3) is 6.08 Å². The summed E-state index contributed by atoms with van der Waals surface area (Å²) in [6, 6.07) is 13.2. The van der Waals surface area contributed by atoms with Crippen molar-refractivity contribution >= 4 is 54.9 Å². The molecule has 0 aliphatic carbocycles. The molecule has 0 aromatic heterocycles. The van der Waals surface area contributed by atoms with Gasteiger partial charge in [0.25, 0.3) is 5.91 Å². The van der Waals surface area contributed by atoms with Gasteiger partial charge in [-0.1, -0.05) is 24.3 Å². The molecule has 0 unspecified atom stereocenters. The van der Waals surface area contributed by atoms with Crippen LogP contribution in [0.3, 0.4) is 0 Å². The maximum atomic E-state index is 12.6. The third-order valence-electron chi connectivity index (χ3n) is 4.54. The number of rotatable bonds is 5. The molecule has 0 spiro atoms. The van der Waals surface area contributed by atoms with Crippen LogP contribution in [-0.2, 0) is 14.6 Å². The third-order valence-corrected chi connectivity index (χ3v) is 7.12. The van der Waals surface area contributed by atoms with Gasteiger partial charge >= 0.3 is 5.97 Å². The molecule has 174 valence electrons. The third kappa shape index (κ3) is 4.77. The van der Waals surface area contributed by atoms with E-state index in [0.29, 0.717) is 29.5 Å². The molecule has 2 heterocycles. The van der Waals surface area contributed by atoms with Gasteiger partial charge in [-0.05, 0) is 54.6 Å². The summed E-state index contributed by atoms with van der Waals surface area (Å²) in [7, 11) is -3.62. The number of amides is 1. The molecule has 1 N–H and O–H groups in total. The SMILES string of the molecule is CCOc1cc(C=C2C(=N)N3N=C(S(C)(=O)=O)SC3=NC2=O)ccc1OC(=O)c1ccccc1. The number of esters is 1. The lowest BCUT2D eigenvalue weighted by atomic mass is 10.1. The maximum Gasteiger partial charge on any atom is 0.343 e. The number of carbonyl (C=O) groups is 2. The molecule has 10 nitrogen and oxygen atoms in total. The smallest absolute Gasteiger partial charge is 0.343 e. The lowest BCUT2D eigenvalue weighted by molar-refractivity contribution is -0.114. The highest BCUT2D eigenvalue weighted by Crippen LogP contribution is 2.33. The quantitative estimate of drug-likeness (QED) is 0.377. The number of thioether (sulfide) groups is 1. The van der Waals surface area contributed by atoms with Crippen LogP contribution in [0.2, 0.25) is 0 Å². The number of sulfone groups is 1. The number of hydrogen-bond acceptors (Lipinski definition) is 9. The van der Waals surface area contributed by atoms with E-state index in [1.54, 1.807) is 49.4 Å². The summed E-state index contributed by atoms with van der Waals surface area (Å²) in [6.07, 6.45) is 2.40. The zero-order chi connectivity index (χ0) is 24.5. The van der Waals surface area contributed by atoms with Crippen LogP contribution in [0.1, 0.15) is 22.8 Å². The van der Waals surface area contributed by atoms with Crippen molar-refractivity contribution in [3.05, 3.63) is 65.2 Å². The highest BCUT2D eigenvalue weighted by molar-refractivity contribution is 8.42. The van der Waals surface area contributed by atoms with Crippen molar-refractivity contribution in [1.29, 1.82) is 5.41 Å². The van der Waals surface area contributed by atoms with Gasteiger partial charge in [-0.15, -0.1) is 5.10 Å². The molecule has 0 radical (unpaired) electrons. The van der Waals surface area contributed by atoms with Crippen molar-refractivity contribution in [2.75, 3.05) is 12.9 Å². The normalized spacial score (nSPS) is 16.8. The molecule has 2 aliphatic rings. The van der Waals surface area contributed by atoms with Gasteiger partial charge in [0.15, 0.2) is 17.3 Å². The van der Waals surface area contributed by atoms with E-state index in [4.69, 9.17) is 14.9 Å². The standard InChI is InChI=1S/C22H18N4O6S2/c1-3-31-17-12-13(9-10-16(17)32-20(28)14-7-5-4-6-8-14)11-15-18(23)26-21(24-19(15)27)33-22(25-26)34(2,29)30/h4-12,23H,3H2,1-2H3. The van der Waals surface area contributed by atoms with E-state index >= 15 is 0 Å². The Balaban J connectivity index is 1.63. The average Bonchev–Trinajstić information content (AvgIpc) is 3.24. The number of benzene rings is 2. The number of nitrogens with one attached hydrogen (secondary N) is 1. The molecule has 0 atom stereocenters. The van der Waals surface area contributed by atoms with Crippen molar-refractivity contribution in [2.45, 2.75) is 6.92 Å². The number of carbonyl (C=O) groups excluding carboxylic acids is 2. The van der Waals surface area contributed by atoms with Gasteiger partial charge in [-0.2, -0.15) is 10.0 Å². The molecular weight excluding hydrogens is 480 g/mol. The van der Waals surface area contributed by atoms with E-state index in [9.17, 15) is 18.0 Å². The van der Waals surface area contributed by atoms with E-state index in [2.05, 4.69) is 10.1 Å². The van der Waals surface area contributed by atoms with Gasteiger partial charge in [-0.25, -0.2) is 13.2 Å². The number of aliphatic imine (C=N–C) groups is 1. The molecule has 1 amide bonds. The summed E-state index contributed by atoms with van der Waals surface area (Å²) < 4.78 is 34.4. The first-order chi connectivity index (χ1) is 16.2. The summed E-state index contributed by atoms with van der Waals surface area (Å²) >= 11 is 0.713. The summed E-state index contributed by atoms with van der Waals surface area (Å²) in [5.74, 6) is -1.09. The molecule has 0 saturated heterocycles. The largest absolute Gasteiger partial charge is 0.490 e. The van der Waals surface area contributed by atoms with Crippen molar-refractivity contribution < 1.29 is 27.5 Å². The highest BCUT2D eigenvalue weighted by Gasteiger charge is 2.38. The molecule has 34 heavy (non-hydrogen) atoms. The first-order valence-electron chi connectivity index (χ1n) is 9.91. The number of ether oxygens (including phenoxy) is 2. The lowest BCUT2D eigenvalue weighted by Gasteiger charge is -2.20. The topological polar surface area (TPSA) is 139 Å². The molecule has 0 fully saturated rings. The molecule has 2 aromatic rings. The van der Waals surface area contributed by atoms with Crippen LogP contribution in [0.4, 0.5) is 0 Å². The van der Waals surface area contributed by atoms with Crippen LogP contribution >= 0.6 is 11.8 Å².